The smallest absolute Gasteiger partial charge is 0.123 e. The molecule has 0 atom stereocenters. The molecule has 0 aliphatic heterocycles. The lowest BCUT2D eigenvalue weighted by molar-refractivity contribution is 0.412. The van der Waals surface area contributed by atoms with Crippen LogP contribution in [0.25, 0.3) is 22.2 Å². The number of aromatic nitrogens is 1. The van der Waals surface area contributed by atoms with Gasteiger partial charge in [-0.15, -0.1) is 0 Å². The lowest BCUT2D eigenvalue weighted by Gasteiger charge is -2.06. The summed E-state index contributed by atoms with van der Waals surface area (Å²) >= 11 is 0. The van der Waals surface area contributed by atoms with E-state index in [1.54, 1.807) is 13.2 Å². The molecule has 0 saturated carbocycles. The summed E-state index contributed by atoms with van der Waals surface area (Å²) in [5, 5.41) is 0.878. The summed E-state index contributed by atoms with van der Waals surface area (Å²) in [6, 6.07) is 12.7. The van der Waals surface area contributed by atoms with Gasteiger partial charge in [0.1, 0.15) is 11.6 Å². The number of benzene rings is 2. The highest BCUT2D eigenvalue weighted by atomic mass is 19.1. The zero-order valence-electron chi connectivity index (χ0n) is 10.8. The van der Waals surface area contributed by atoms with Crippen LogP contribution in [-0.4, -0.2) is 12.1 Å². The lowest BCUT2D eigenvalue weighted by atomic mass is 10.1. The number of fused-ring (bicyclic) bond motifs is 1. The Morgan fingerprint density at radius 1 is 1.05 bits per heavy atom. The summed E-state index contributed by atoms with van der Waals surface area (Å²) in [6.45, 7) is 2.00. The fraction of sp³-hybridized carbons (Fsp3) is 0.125. The molecule has 0 radical (unpaired) electrons. The van der Waals surface area contributed by atoms with Crippen molar-refractivity contribution in [2.75, 3.05) is 7.11 Å². The third-order valence-corrected chi connectivity index (χ3v) is 3.29. The van der Waals surface area contributed by atoms with Crippen molar-refractivity contribution in [3.05, 3.63) is 53.8 Å². The molecule has 0 amide bonds. The van der Waals surface area contributed by atoms with E-state index in [-0.39, 0.29) is 5.82 Å². The Labute approximate surface area is 110 Å². The Hall–Kier alpha value is -2.29. The van der Waals surface area contributed by atoms with E-state index in [0.29, 0.717) is 0 Å². The Bertz CT molecular complexity index is 746. The highest BCUT2D eigenvalue weighted by Gasteiger charge is 2.06. The number of aromatic amines is 1. The van der Waals surface area contributed by atoms with Crippen molar-refractivity contribution in [3.63, 3.8) is 0 Å². The highest BCUT2D eigenvalue weighted by Crippen LogP contribution is 2.28. The van der Waals surface area contributed by atoms with Gasteiger partial charge in [-0.3, -0.25) is 0 Å². The molecule has 0 fully saturated rings. The molecule has 0 spiro atoms. The Balaban J connectivity index is 2.11. The Kier molecular flexibility index (Phi) is 2.75. The van der Waals surface area contributed by atoms with Crippen molar-refractivity contribution in [3.8, 4) is 17.0 Å². The van der Waals surface area contributed by atoms with Crippen molar-refractivity contribution >= 4 is 10.9 Å². The summed E-state index contributed by atoms with van der Waals surface area (Å²) in [4.78, 5) is 3.30. The van der Waals surface area contributed by atoms with Gasteiger partial charge in [0.25, 0.3) is 0 Å². The van der Waals surface area contributed by atoms with Crippen LogP contribution in [0, 0.1) is 12.7 Å². The topological polar surface area (TPSA) is 25.0 Å². The molecule has 96 valence electrons. The van der Waals surface area contributed by atoms with Gasteiger partial charge in [-0.2, -0.15) is 0 Å². The van der Waals surface area contributed by atoms with Gasteiger partial charge in [-0.05, 0) is 60.5 Å². The number of hydrogen-bond donors (Lipinski definition) is 1. The van der Waals surface area contributed by atoms with Gasteiger partial charge < -0.3 is 9.72 Å². The van der Waals surface area contributed by atoms with E-state index < -0.39 is 0 Å². The van der Waals surface area contributed by atoms with Crippen molar-refractivity contribution in [1.82, 2.24) is 4.98 Å². The summed E-state index contributed by atoms with van der Waals surface area (Å²) in [6.07, 6.45) is 0. The Morgan fingerprint density at radius 3 is 2.63 bits per heavy atom. The predicted octanol–water partition coefficient (Wildman–Crippen LogP) is 4.29. The summed E-state index contributed by atoms with van der Waals surface area (Å²) in [5.74, 6) is 0.648. The number of ether oxygens (including phenoxy) is 1. The minimum atomic E-state index is -0.219. The number of nitrogens with one attached hydrogen (secondary N) is 1. The Morgan fingerprint density at radius 2 is 1.89 bits per heavy atom. The number of rotatable bonds is 2. The molecule has 0 saturated heterocycles. The van der Waals surface area contributed by atoms with E-state index in [1.165, 1.54) is 12.1 Å². The van der Waals surface area contributed by atoms with E-state index in [2.05, 4.69) is 11.1 Å². The van der Waals surface area contributed by atoms with E-state index in [4.69, 9.17) is 4.74 Å². The van der Waals surface area contributed by atoms with Gasteiger partial charge in [0.15, 0.2) is 0 Å². The molecular formula is C16H14FNO. The summed E-state index contributed by atoms with van der Waals surface area (Å²) in [5.41, 5.74) is 4.05. The van der Waals surface area contributed by atoms with Gasteiger partial charge in [-0.1, -0.05) is 0 Å². The number of hydrogen-bond acceptors (Lipinski definition) is 1. The first kappa shape index (κ1) is 11.8. The van der Waals surface area contributed by atoms with E-state index in [0.717, 1.165) is 33.5 Å². The maximum absolute atomic E-state index is 13.2. The maximum Gasteiger partial charge on any atom is 0.123 e. The first-order valence-corrected chi connectivity index (χ1v) is 6.10. The highest BCUT2D eigenvalue weighted by molar-refractivity contribution is 5.86. The summed E-state index contributed by atoms with van der Waals surface area (Å²) < 4.78 is 18.4. The molecule has 1 N–H and O–H groups in total. The SMILES string of the molecule is COc1ccc(-c2cc3cc(F)ccc3[nH]2)cc1C. The zero-order valence-corrected chi connectivity index (χ0v) is 10.8. The quantitative estimate of drug-likeness (QED) is 0.726. The molecule has 0 aliphatic carbocycles. The monoisotopic (exact) mass is 255 g/mol. The van der Waals surface area contributed by atoms with E-state index >= 15 is 0 Å². The molecule has 19 heavy (non-hydrogen) atoms. The van der Waals surface area contributed by atoms with Crippen LogP contribution in [0.15, 0.2) is 42.5 Å². The molecule has 3 heteroatoms. The number of methoxy groups -OCH3 is 1. The molecule has 3 rings (SSSR count). The molecule has 1 heterocycles. The molecule has 2 aromatic carbocycles. The molecule has 0 unspecified atom stereocenters. The molecule has 0 aliphatic rings. The molecule has 3 aromatic rings. The predicted molar refractivity (Wildman–Crippen MR) is 75.0 cm³/mol. The van der Waals surface area contributed by atoms with Crippen molar-refractivity contribution in [2.45, 2.75) is 6.92 Å². The van der Waals surface area contributed by atoms with Crippen LogP contribution < -0.4 is 4.74 Å². The normalized spacial score (nSPS) is 10.9. The first-order chi connectivity index (χ1) is 9.17. The van der Waals surface area contributed by atoms with Gasteiger partial charge in [0.2, 0.25) is 0 Å². The van der Waals surface area contributed by atoms with Crippen LogP contribution in [0.3, 0.4) is 0 Å². The van der Waals surface area contributed by atoms with Crippen LogP contribution >= 0.6 is 0 Å². The third-order valence-electron chi connectivity index (χ3n) is 3.29. The van der Waals surface area contributed by atoms with Gasteiger partial charge in [0, 0.05) is 16.6 Å². The van der Waals surface area contributed by atoms with Gasteiger partial charge in [0.05, 0.1) is 7.11 Å². The van der Waals surface area contributed by atoms with Gasteiger partial charge >= 0.3 is 0 Å². The van der Waals surface area contributed by atoms with E-state index in [1.807, 2.05) is 25.1 Å². The first-order valence-electron chi connectivity index (χ1n) is 6.10. The largest absolute Gasteiger partial charge is 0.496 e. The second-order valence-corrected chi connectivity index (χ2v) is 4.60. The number of aryl methyl sites for hydroxylation is 1. The van der Waals surface area contributed by atoms with Gasteiger partial charge in [-0.25, -0.2) is 4.39 Å². The molecule has 2 nitrogen and oxygen atoms in total. The number of H-pyrrole nitrogens is 1. The standard InChI is InChI=1S/C16H14FNO/c1-10-7-11(3-6-16(10)19-2)15-9-12-8-13(17)4-5-14(12)18-15/h3-9,18H,1-2H3. The summed E-state index contributed by atoms with van der Waals surface area (Å²) in [7, 11) is 1.66. The second-order valence-electron chi connectivity index (χ2n) is 4.60. The fourth-order valence-corrected chi connectivity index (χ4v) is 2.30. The van der Waals surface area contributed by atoms with Crippen LogP contribution in [0.1, 0.15) is 5.56 Å². The average Bonchev–Trinajstić information content (AvgIpc) is 2.81. The van der Waals surface area contributed by atoms with Crippen LogP contribution in [-0.2, 0) is 0 Å². The van der Waals surface area contributed by atoms with Crippen molar-refractivity contribution < 1.29 is 9.13 Å². The molecule has 1 aromatic heterocycles. The zero-order chi connectivity index (χ0) is 13.4. The van der Waals surface area contributed by atoms with Crippen LogP contribution in [0.4, 0.5) is 4.39 Å². The second kappa shape index (κ2) is 4.43. The van der Waals surface area contributed by atoms with Crippen molar-refractivity contribution in [1.29, 1.82) is 0 Å². The van der Waals surface area contributed by atoms with E-state index in [9.17, 15) is 4.39 Å². The average molecular weight is 255 g/mol. The third kappa shape index (κ3) is 2.08. The maximum atomic E-state index is 13.2. The lowest BCUT2D eigenvalue weighted by Crippen LogP contribution is -1.87. The van der Waals surface area contributed by atoms with Crippen molar-refractivity contribution in [2.24, 2.45) is 0 Å². The molecule has 0 bridgehead atoms. The number of halogens is 1. The fourth-order valence-electron chi connectivity index (χ4n) is 2.30. The van der Waals surface area contributed by atoms with Crippen LogP contribution in [0.5, 0.6) is 5.75 Å². The van der Waals surface area contributed by atoms with Crippen LogP contribution in [0.2, 0.25) is 0 Å². The minimum absolute atomic E-state index is 0.219. The molecular weight excluding hydrogens is 241 g/mol. The minimum Gasteiger partial charge on any atom is -0.496 e.